The fourth-order valence-electron chi connectivity index (χ4n) is 1.28. The van der Waals surface area contributed by atoms with E-state index >= 15 is 0 Å². The minimum atomic E-state index is -3.27. The Bertz CT molecular complexity index is 227. The Kier molecular flexibility index (Phi) is 7.13. The number of unbranched alkanes of at least 4 members (excludes halogenated alkanes) is 2. The highest BCUT2D eigenvalue weighted by Gasteiger charge is 2.03. The summed E-state index contributed by atoms with van der Waals surface area (Å²) in [4.78, 5) is 2.15. The summed E-state index contributed by atoms with van der Waals surface area (Å²) in [7, 11) is -1.26. The molecule has 0 spiro atoms. The quantitative estimate of drug-likeness (QED) is 0.617. The predicted octanol–water partition coefficient (Wildman–Crippen LogP) is 0.787. The van der Waals surface area contributed by atoms with Crippen molar-refractivity contribution in [3.63, 3.8) is 0 Å². The van der Waals surface area contributed by atoms with E-state index in [0.717, 1.165) is 13.1 Å². The number of nitrogens with two attached hydrogens (primary N) is 1. The zero-order valence-corrected chi connectivity index (χ0v) is 10.0. The van der Waals surface area contributed by atoms with Crippen molar-refractivity contribution in [2.24, 2.45) is 5.14 Å². The fraction of sp³-hybridized carbons (Fsp3) is 1.00. The number of hydrogen-bond acceptors (Lipinski definition) is 3. The molecule has 0 unspecified atom stereocenters. The summed E-state index contributed by atoms with van der Waals surface area (Å²) in [6.07, 6.45) is 4.26. The SMILES string of the molecule is CCCCCN(C)CCCS(N)(=O)=O. The van der Waals surface area contributed by atoms with Gasteiger partial charge in [-0.1, -0.05) is 19.8 Å². The molecule has 0 aromatic carbocycles. The fourth-order valence-corrected chi connectivity index (χ4v) is 1.81. The smallest absolute Gasteiger partial charge is 0.209 e. The van der Waals surface area contributed by atoms with Gasteiger partial charge in [-0.15, -0.1) is 0 Å². The van der Waals surface area contributed by atoms with E-state index < -0.39 is 10.0 Å². The molecular formula is C9H22N2O2S. The maximum absolute atomic E-state index is 10.6. The first kappa shape index (κ1) is 13.9. The van der Waals surface area contributed by atoms with Crippen LogP contribution in [0.3, 0.4) is 0 Å². The molecule has 0 aromatic heterocycles. The van der Waals surface area contributed by atoms with E-state index in [-0.39, 0.29) is 5.75 Å². The molecule has 0 bridgehead atoms. The lowest BCUT2D eigenvalue weighted by molar-refractivity contribution is 0.326. The van der Waals surface area contributed by atoms with Gasteiger partial charge in [-0.2, -0.15) is 0 Å². The molecule has 4 nitrogen and oxygen atoms in total. The highest BCUT2D eigenvalue weighted by Crippen LogP contribution is 1.97. The summed E-state index contributed by atoms with van der Waals surface area (Å²) in [6, 6.07) is 0. The number of rotatable bonds is 8. The Labute approximate surface area is 87.5 Å². The van der Waals surface area contributed by atoms with E-state index in [1.807, 2.05) is 7.05 Å². The second-order valence-electron chi connectivity index (χ2n) is 3.73. The van der Waals surface area contributed by atoms with Crippen LogP contribution in [0.5, 0.6) is 0 Å². The van der Waals surface area contributed by atoms with Crippen LogP contribution in [0, 0.1) is 0 Å². The minimum absolute atomic E-state index is 0.0884. The minimum Gasteiger partial charge on any atom is -0.306 e. The first-order chi connectivity index (χ1) is 6.45. The van der Waals surface area contributed by atoms with Gasteiger partial charge in [-0.05, 0) is 33.0 Å². The summed E-state index contributed by atoms with van der Waals surface area (Å²) < 4.78 is 21.3. The van der Waals surface area contributed by atoms with Crippen LogP contribution in [0.15, 0.2) is 0 Å². The summed E-state index contributed by atoms with van der Waals surface area (Å²) in [6.45, 7) is 4.01. The molecule has 0 aliphatic heterocycles. The highest BCUT2D eigenvalue weighted by molar-refractivity contribution is 7.89. The van der Waals surface area contributed by atoms with Crippen LogP contribution in [0.4, 0.5) is 0 Å². The van der Waals surface area contributed by atoms with Gasteiger partial charge in [-0.25, -0.2) is 13.6 Å². The van der Waals surface area contributed by atoms with E-state index in [4.69, 9.17) is 5.14 Å². The van der Waals surface area contributed by atoms with Gasteiger partial charge in [0.25, 0.3) is 0 Å². The van der Waals surface area contributed by atoms with Gasteiger partial charge in [0.2, 0.25) is 10.0 Å². The van der Waals surface area contributed by atoms with Crippen LogP contribution in [0.2, 0.25) is 0 Å². The molecule has 0 aliphatic rings. The van der Waals surface area contributed by atoms with Crippen molar-refractivity contribution in [1.82, 2.24) is 4.90 Å². The first-order valence-electron chi connectivity index (χ1n) is 5.14. The normalized spacial score (nSPS) is 12.3. The Hall–Kier alpha value is -0.130. The third-order valence-electron chi connectivity index (χ3n) is 2.11. The average Bonchev–Trinajstić information content (AvgIpc) is 2.02. The van der Waals surface area contributed by atoms with Crippen molar-refractivity contribution in [2.75, 3.05) is 25.9 Å². The average molecular weight is 222 g/mol. The molecule has 5 heteroatoms. The van der Waals surface area contributed by atoms with Crippen molar-refractivity contribution in [3.8, 4) is 0 Å². The van der Waals surface area contributed by atoms with Crippen LogP contribution in [-0.2, 0) is 10.0 Å². The molecule has 0 atom stereocenters. The number of primary sulfonamides is 1. The largest absolute Gasteiger partial charge is 0.306 e. The summed E-state index contributed by atoms with van der Waals surface area (Å²) in [5.41, 5.74) is 0. The lowest BCUT2D eigenvalue weighted by atomic mass is 10.2. The van der Waals surface area contributed by atoms with Gasteiger partial charge in [0.15, 0.2) is 0 Å². The van der Waals surface area contributed by atoms with Crippen LogP contribution in [0.1, 0.15) is 32.6 Å². The molecule has 0 aliphatic carbocycles. The third kappa shape index (κ3) is 9.95. The standard InChI is InChI=1S/C9H22N2O2S/c1-3-4-5-7-11(2)8-6-9-14(10,12)13/h3-9H2,1-2H3,(H2,10,12,13). The number of sulfonamides is 1. The van der Waals surface area contributed by atoms with Crippen LogP contribution >= 0.6 is 0 Å². The van der Waals surface area contributed by atoms with Crippen molar-refractivity contribution >= 4 is 10.0 Å². The monoisotopic (exact) mass is 222 g/mol. The molecule has 0 amide bonds. The van der Waals surface area contributed by atoms with E-state index in [0.29, 0.717) is 6.42 Å². The summed E-state index contributed by atoms with van der Waals surface area (Å²) in [5.74, 6) is 0.0884. The molecule has 0 rings (SSSR count). The zero-order chi connectivity index (χ0) is 11.0. The van der Waals surface area contributed by atoms with Gasteiger partial charge in [0.1, 0.15) is 0 Å². The van der Waals surface area contributed by atoms with Crippen LogP contribution in [-0.4, -0.2) is 39.2 Å². The Balaban J connectivity index is 3.40. The maximum Gasteiger partial charge on any atom is 0.209 e. The molecule has 14 heavy (non-hydrogen) atoms. The molecule has 86 valence electrons. The second-order valence-corrected chi connectivity index (χ2v) is 5.46. The van der Waals surface area contributed by atoms with Gasteiger partial charge in [-0.3, -0.25) is 0 Å². The van der Waals surface area contributed by atoms with E-state index in [1.54, 1.807) is 0 Å². The molecule has 0 saturated heterocycles. The predicted molar refractivity (Wildman–Crippen MR) is 59.6 cm³/mol. The Morgan fingerprint density at radius 1 is 1.14 bits per heavy atom. The Morgan fingerprint density at radius 3 is 2.21 bits per heavy atom. The van der Waals surface area contributed by atoms with Gasteiger partial charge in [0, 0.05) is 0 Å². The van der Waals surface area contributed by atoms with Crippen molar-refractivity contribution in [1.29, 1.82) is 0 Å². The number of nitrogens with zero attached hydrogens (tertiary/aromatic N) is 1. The summed E-state index contributed by atoms with van der Waals surface area (Å²) in [5, 5.41) is 4.90. The van der Waals surface area contributed by atoms with Gasteiger partial charge in [0.05, 0.1) is 5.75 Å². The van der Waals surface area contributed by atoms with Gasteiger partial charge < -0.3 is 4.90 Å². The lowest BCUT2D eigenvalue weighted by Gasteiger charge is -2.15. The molecular weight excluding hydrogens is 200 g/mol. The lowest BCUT2D eigenvalue weighted by Crippen LogP contribution is -2.25. The van der Waals surface area contributed by atoms with Crippen LogP contribution < -0.4 is 5.14 Å². The number of hydrogen-bond donors (Lipinski definition) is 1. The Morgan fingerprint density at radius 2 is 1.71 bits per heavy atom. The summed E-state index contributed by atoms with van der Waals surface area (Å²) >= 11 is 0. The zero-order valence-electron chi connectivity index (χ0n) is 9.20. The van der Waals surface area contributed by atoms with Crippen molar-refractivity contribution in [2.45, 2.75) is 32.6 Å². The molecule has 0 radical (unpaired) electrons. The van der Waals surface area contributed by atoms with Crippen LogP contribution in [0.25, 0.3) is 0 Å². The van der Waals surface area contributed by atoms with E-state index in [1.165, 1.54) is 19.3 Å². The highest BCUT2D eigenvalue weighted by atomic mass is 32.2. The van der Waals surface area contributed by atoms with Crippen molar-refractivity contribution < 1.29 is 8.42 Å². The van der Waals surface area contributed by atoms with Gasteiger partial charge >= 0.3 is 0 Å². The maximum atomic E-state index is 10.6. The molecule has 0 fully saturated rings. The van der Waals surface area contributed by atoms with E-state index in [2.05, 4.69) is 11.8 Å². The second kappa shape index (κ2) is 7.20. The molecule has 0 aromatic rings. The molecule has 0 saturated carbocycles. The van der Waals surface area contributed by atoms with E-state index in [9.17, 15) is 8.42 Å². The third-order valence-corrected chi connectivity index (χ3v) is 2.97. The molecule has 2 N–H and O–H groups in total. The van der Waals surface area contributed by atoms with Crippen molar-refractivity contribution in [3.05, 3.63) is 0 Å². The first-order valence-corrected chi connectivity index (χ1v) is 6.86. The topological polar surface area (TPSA) is 63.4 Å². The molecule has 0 heterocycles.